The average Bonchev–Trinajstić information content (AvgIpc) is 3.32. The van der Waals surface area contributed by atoms with Gasteiger partial charge in [0.15, 0.2) is 0 Å². The van der Waals surface area contributed by atoms with Crippen LogP contribution in [0.2, 0.25) is 0 Å². The number of carbonyl (C=O) groups excluding carboxylic acids is 1. The predicted molar refractivity (Wildman–Crippen MR) is 140 cm³/mol. The summed E-state index contributed by atoms with van der Waals surface area (Å²) in [4.78, 5) is 11.8. The monoisotopic (exact) mass is 468 g/mol. The molecule has 0 aromatic carbocycles. The summed E-state index contributed by atoms with van der Waals surface area (Å²) in [6.07, 6.45) is 17.6. The first kappa shape index (κ1) is 24.9. The highest BCUT2D eigenvalue weighted by atomic mass is 16.5. The Morgan fingerprint density at radius 2 is 1.56 bits per heavy atom. The van der Waals surface area contributed by atoms with Gasteiger partial charge in [-0.1, -0.05) is 46.3 Å². The lowest BCUT2D eigenvalue weighted by Gasteiger charge is -2.63. The largest absolute Gasteiger partial charge is 0.462 e. The zero-order valence-corrected chi connectivity index (χ0v) is 23.6. The van der Waals surface area contributed by atoms with Crippen molar-refractivity contribution in [1.82, 2.24) is 0 Å². The molecule has 192 valence electrons. The predicted octanol–water partition coefficient (Wildman–Crippen LogP) is 8.74. The van der Waals surface area contributed by atoms with Crippen molar-refractivity contribution in [2.24, 2.45) is 50.7 Å². The van der Waals surface area contributed by atoms with E-state index >= 15 is 0 Å². The highest BCUT2D eigenvalue weighted by Gasteiger charge is 2.82. The molecular formula is C32H52O2. The van der Waals surface area contributed by atoms with Crippen molar-refractivity contribution >= 4 is 5.97 Å². The summed E-state index contributed by atoms with van der Waals surface area (Å²) in [6.45, 7) is 18.9. The number of esters is 1. The first-order chi connectivity index (χ1) is 15.8. The number of fused-ring (bicyclic) bond motifs is 2. The minimum atomic E-state index is -0.0927. The molecule has 5 saturated carbocycles. The minimum absolute atomic E-state index is 0.0927. The second-order valence-corrected chi connectivity index (χ2v) is 14.9. The molecule has 5 rings (SSSR count). The zero-order chi connectivity index (χ0) is 24.7. The lowest BCUT2D eigenvalue weighted by molar-refractivity contribution is -0.181. The Labute approximate surface area is 210 Å². The third-order valence-corrected chi connectivity index (χ3v) is 13.3. The summed E-state index contributed by atoms with van der Waals surface area (Å²) in [5.41, 5.74) is 3.71. The van der Waals surface area contributed by atoms with Crippen LogP contribution in [0.3, 0.4) is 0 Å². The average molecular weight is 469 g/mol. The molecular weight excluding hydrogens is 416 g/mol. The van der Waals surface area contributed by atoms with E-state index in [1.807, 2.05) is 0 Å². The molecule has 5 fully saturated rings. The van der Waals surface area contributed by atoms with Crippen molar-refractivity contribution in [1.29, 1.82) is 0 Å². The van der Waals surface area contributed by atoms with Gasteiger partial charge in [-0.3, -0.25) is 4.79 Å². The molecule has 0 N–H and O–H groups in total. The lowest BCUT2D eigenvalue weighted by atomic mass is 9.41. The van der Waals surface area contributed by atoms with Gasteiger partial charge in [0.25, 0.3) is 0 Å². The third-order valence-electron chi connectivity index (χ3n) is 13.3. The van der Waals surface area contributed by atoms with E-state index in [4.69, 9.17) is 4.74 Å². The Morgan fingerprint density at radius 1 is 0.882 bits per heavy atom. The molecule has 0 aliphatic heterocycles. The van der Waals surface area contributed by atoms with Gasteiger partial charge in [0, 0.05) is 12.3 Å². The summed E-state index contributed by atoms with van der Waals surface area (Å²) in [5, 5.41) is 0. The molecule has 0 amide bonds. The molecule has 0 radical (unpaired) electrons. The van der Waals surface area contributed by atoms with E-state index in [9.17, 15) is 4.79 Å². The molecule has 2 nitrogen and oxygen atoms in total. The minimum Gasteiger partial charge on any atom is -0.462 e. The van der Waals surface area contributed by atoms with E-state index in [2.05, 4.69) is 54.5 Å². The molecule has 0 aromatic rings. The van der Waals surface area contributed by atoms with E-state index < -0.39 is 0 Å². The Balaban J connectivity index is 1.39. The van der Waals surface area contributed by atoms with Crippen molar-refractivity contribution in [3.05, 3.63) is 11.6 Å². The fourth-order valence-corrected chi connectivity index (χ4v) is 11.5. The van der Waals surface area contributed by atoms with Crippen LogP contribution in [-0.2, 0) is 9.53 Å². The summed E-state index contributed by atoms with van der Waals surface area (Å²) < 4.78 is 5.90. The fraction of sp³-hybridized carbons (Fsp3) is 0.906. The van der Waals surface area contributed by atoms with Crippen LogP contribution >= 0.6 is 0 Å². The third kappa shape index (κ3) is 3.14. The number of hydrogen-bond donors (Lipinski definition) is 0. The van der Waals surface area contributed by atoms with Crippen LogP contribution in [0.5, 0.6) is 0 Å². The van der Waals surface area contributed by atoms with Crippen molar-refractivity contribution in [3.63, 3.8) is 0 Å². The van der Waals surface area contributed by atoms with Gasteiger partial charge in [-0.2, -0.15) is 0 Å². The topological polar surface area (TPSA) is 26.3 Å². The normalized spacial score (nSPS) is 49.1. The molecule has 0 saturated heterocycles. The number of allylic oxidation sites excluding steroid dienone is 2. The first-order valence-corrected chi connectivity index (χ1v) is 14.6. The molecule has 2 heteroatoms. The molecule has 2 spiro atoms. The highest BCUT2D eigenvalue weighted by molar-refractivity contribution is 5.66. The summed E-state index contributed by atoms with van der Waals surface area (Å²) in [7, 11) is 0. The lowest BCUT2D eigenvalue weighted by Crippen LogP contribution is -2.58. The van der Waals surface area contributed by atoms with Crippen LogP contribution in [-0.4, -0.2) is 12.1 Å². The molecule has 0 heterocycles. The van der Waals surface area contributed by atoms with Gasteiger partial charge in [0.1, 0.15) is 6.10 Å². The van der Waals surface area contributed by atoms with E-state index in [0.717, 1.165) is 30.1 Å². The molecule has 5 aliphatic carbocycles. The van der Waals surface area contributed by atoms with E-state index in [0.29, 0.717) is 21.7 Å². The van der Waals surface area contributed by atoms with Crippen LogP contribution < -0.4 is 0 Å². The van der Waals surface area contributed by atoms with Crippen molar-refractivity contribution in [3.8, 4) is 0 Å². The van der Waals surface area contributed by atoms with E-state index in [-0.39, 0.29) is 17.5 Å². The van der Waals surface area contributed by atoms with Gasteiger partial charge >= 0.3 is 5.97 Å². The maximum atomic E-state index is 11.8. The molecule has 34 heavy (non-hydrogen) atoms. The number of hydrogen-bond acceptors (Lipinski definition) is 2. The SMILES string of the molecule is CC(=O)O[C@H]1CC[C@]23C[C@]24CC[C@]2(C)[C@@H]([C@H](C)CCC=C(C)C)CC[C@@]2(C)C4CCC3C1(C)C. The van der Waals surface area contributed by atoms with Crippen LogP contribution in [0, 0.1) is 50.7 Å². The fourth-order valence-electron chi connectivity index (χ4n) is 11.5. The highest BCUT2D eigenvalue weighted by Crippen LogP contribution is 2.89. The van der Waals surface area contributed by atoms with Crippen molar-refractivity contribution in [2.75, 3.05) is 0 Å². The Hall–Kier alpha value is -0.790. The smallest absolute Gasteiger partial charge is 0.302 e. The van der Waals surface area contributed by atoms with E-state index in [1.54, 1.807) is 6.92 Å². The van der Waals surface area contributed by atoms with Gasteiger partial charge in [-0.05, 0) is 130 Å². The molecule has 0 aromatic heterocycles. The number of rotatable bonds is 5. The molecule has 0 bridgehead atoms. The van der Waals surface area contributed by atoms with Crippen LogP contribution in [0.4, 0.5) is 0 Å². The second-order valence-electron chi connectivity index (χ2n) is 14.9. The standard InChI is InChI=1S/C32H52O2/c1-21(2)10-9-11-22(3)24-14-16-30(8)26-13-12-25-28(5,6)27(34-23(4)33)15-17-31(25)20-32(26,31)19-18-29(24,30)7/h10,22,24-27H,9,11-20H2,1-8H3/t22-,24-,25?,26?,27+,29-,30+,31-,32+/m1/s1. The number of ether oxygens (including phenoxy) is 1. The van der Waals surface area contributed by atoms with Gasteiger partial charge in [-0.25, -0.2) is 0 Å². The molecule has 2 unspecified atom stereocenters. The second kappa shape index (κ2) is 7.85. The maximum Gasteiger partial charge on any atom is 0.302 e. The van der Waals surface area contributed by atoms with Gasteiger partial charge in [-0.15, -0.1) is 0 Å². The summed E-state index contributed by atoms with van der Waals surface area (Å²) >= 11 is 0. The Bertz CT molecular complexity index is 866. The van der Waals surface area contributed by atoms with Gasteiger partial charge < -0.3 is 4.74 Å². The van der Waals surface area contributed by atoms with E-state index in [1.165, 1.54) is 69.8 Å². The molecule has 9 atom stereocenters. The van der Waals surface area contributed by atoms with Crippen LogP contribution in [0.25, 0.3) is 0 Å². The summed E-state index contributed by atoms with van der Waals surface area (Å²) in [6, 6.07) is 0. The zero-order valence-electron chi connectivity index (χ0n) is 23.6. The van der Waals surface area contributed by atoms with Crippen molar-refractivity contribution < 1.29 is 9.53 Å². The number of carbonyl (C=O) groups is 1. The Morgan fingerprint density at radius 3 is 2.24 bits per heavy atom. The quantitative estimate of drug-likeness (QED) is 0.298. The molecule has 5 aliphatic rings. The van der Waals surface area contributed by atoms with Crippen LogP contribution in [0.1, 0.15) is 126 Å². The Kier molecular flexibility index (Phi) is 5.75. The van der Waals surface area contributed by atoms with Crippen LogP contribution in [0.15, 0.2) is 11.6 Å². The van der Waals surface area contributed by atoms with Crippen molar-refractivity contribution in [2.45, 2.75) is 132 Å². The maximum absolute atomic E-state index is 11.8. The summed E-state index contributed by atoms with van der Waals surface area (Å²) in [5.74, 6) is 3.27. The first-order valence-electron chi connectivity index (χ1n) is 14.6. The van der Waals surface area contributed by atoms with Gasteiger partial charge in [0.05, 0.1) is 0 Å². The van der Waals surface area contributed by atoms with Gasteiger partial charge in [0.2, 0.25) is 0 Å².